The van der Waals surface area contributed by atoms with Crippen molar-refractivity contribution in [1.29, 1.82) is 0 Å². The average Bonchev–Trinajstić information content (AvgIpc) is 1.69. The van der Waals surface area contributed by atoms with Gasteiger partial charge in [0.1, 0.15) is 6.29 Å². The smallest absolute Gasteiger partial charge is 0.142 e. The van der Waals surface area contributed by atoms with Gasteiger partial charge in [-0.25, -0.2) is 0 Å². The first-order valence-corrected chi connectivity index (χ1v) is 1.88. The highest BCUT2D eigenvalue weighted by Crippen LogP contribution is 1.66. The second kappa shape index (κ2) is 4.93. The van der Waals surface area contributed by atoms with Crippen LogP contribution in [0.2, 0.25) is 0 Å². The van der Waals surface area contributed by atoms with Crippen LogP contribution in [0.5, 0.6) is 0 Å². The van der Waals surface area contributed by atoms with E-state index in [1.54, 1.807) is 12.2 Å². The van der Waals surface area contributed by atoms with Gasteiger partial charge in [-0.05, 0) is 12.2 Å². The Labute approximate surface area is 42.7 Å². The maximum atomic E-state index is 9.52. The lowest BCUT2D eigenvalue weighted by atomic mass is 10.5. The normalized spacial score (nSPS) is 8.00. The van der Waals surface area contributed by atoms with Crippen molar-refractivity contribution in [3.63, 3.8) is 0 Å². The maximum absolute atomic E-state index is 9.52. The van der Waals surface area contributed by atoms with E-state index in [9.17, 15) is 4.79 Å². The zero-order valence-corrected chi connectivity index (χ0v) is 3.92. The van der Waals surface area contributed by atoms with Gasteiger partial charge in [0, 0.05) is 0 Å². The van der Waals surface area contributed by atoms with E-state index < -0.39 is 0 Å². The third-order valence-corrected chi connectivity index (χ3v) is 0.404. The molecule has 0 saturated carbocycles. The van der Waals surface area contributed by atoms with Crippen LogP contribution in [0.1, 0.15) is 0 Å². The predicted octanol–water partition coefficient (Wildman–Crippen LogP) is 1.08. The van der Waals surface area contributed by atoms with Crippen molar-refractivity contribution in [2.24, 2.45) is 0 Å². The molecular weight excluding hydrogens is 88.1 g/mol. The Morgan fingerprint density at radius 2 is 2.14 bits per heavy atom. The van der Waals surface area contributed by atoms with E-state index >= 15 is 0 Å². The molecule has 0 aliphatic rings. The molecule has 0 aromatic heterocycles. The minimum atomic E-state index is 0.702. The Kier molecular flexibility index (Phi) is 4.18. The van der Waals surface area contributed by atoms with E-state index in [4.69, 9.17) is 0 Å². The summed E-state index contributed by atoms with van der Waals surface area (Å²) in [4.78, 5) is 9.52. The van der Waals surface area contributed by atoms with Crippen LogP contribution in [-0.2, 0) is 4.79 Å². The molecule has 0 fully saturated rings. The van der Waals surface area contributed by atoms with Crippen molar-refractivity contribution in [1.82, 2.24) is 0 Å². The number of carbonyl (C=O) groups is 1. The standard InChI is InChI=1S/C6H6O/c1-2-3-4-5-6-7/h3-6H,1H2/b5-4-. The largest absolute Gasteiger partial charge is 0.299 e. The summed E-state index contributed by atoms with van der Waals surface area (Å²) in [5, 5.41) is 0. The van der Waals surface area contributed by atoms with E-state index in [-0.39, 0.29) is 0 Å². The van der Waals surface area contributed by atoms with Gasteiger partial charge < -0.3 is 0 Å². The first-order chi connectivity index (χ1) is 3.41. The Hall–Kier alpha value is -1.07. The van der Waals surface area contributed by atoms with Gasteiger partial charge in [-0.2, -0.15) is 0 Å². The summed E-state index contributed by atoms with van der Waals surface area (Å²) in [7, 11) is 0. The van der Waals surface area contributed by atoms with E-state index in [2.05, 4.69) is 12.3 Å². The van der Waals surface area contributed by atoms with Crippen molar-refractivity contribution >= 4 is 6.29 Å². The molecule has 0 radical (unpaired) electrons. The van der Waals surface area contributed by atoms with Gasteiger partial charge in [0.15, 0.2) is 0 Å². The molecule has 1 nitrogen and oxygen atoms in total. The van der Waals surface area contributed by atoms with Gasteiger partial charge in [0.2, 0.25) is 0 Å². The van der Waals surface area contributed by atoms with Crippen LogP contribution in [0.4, 0.5) is 0 Å². The third-order valence-electron chi connectivity index (χ3n) is 0.404. The Morgan fingerprint density at radius 3 is 2.57 bits per heavy atom. The molecule has 0 aromatic rings. The summed E-state index contributed by atoms with van der Waals surface area (Å²) in [6.07, 6.45) is 5.21. The van der Waals surface area contributed by atoms with Crippen LogP contribution in [0, 0.1) is 0 Å². The quantitative estimate of drug-likeness (QED) is 0.216. The highest BCUT2D eigenvalue weighted by Gasteiger charge is 1.54. The van der Waals surface area contributed by atoms with Crippen molar-refractivity contribution in [2.45, 2.75) is 0 Å². The zero-order valence-electron chi connectivity index (χ0n) is 3.92. The molecule has 0 aliphatic heterocycles. The molecule has 0 saturated heterocycles. The first-order valence-electron chi connectivity index (χ1n) is 1.88. The fourth-order valence-electron chi connectivity index (χ4n) is 0.169. The number of hydrogen-bond donors (Lipinski definition) is 0. The monoisotopic (exact) mass is 94.0 g/mol. The van der Waals surface area contributed by atoms with Crippen LogP contribution >= 0.6 is 0 Å². The van der Waals surface area contributed by atoms with E-state index in [1.165, 1.54) is 6.08 Å². The lowest BCUT2D eigenvalue weighted by Crippen LogP contribution is -1.52. The second-order valence-electron chi connectivity index (χ2n) is 0.892. The molecule has 0 aliphatic carbocycles. The molecule has 0 spiro atoms. The summed E-state index contributed by atoms with van der Waals surface area (Å²) in [5.74, 6) is 0. The van der Waals surface area contributed by atoms with Gasteiger partial charge >= 0.3 is 0 Å². The molecule has 1 heteroatoms. The number of rotatable bonds is 2. The molecule has 0 N–H and O–H groups in total. The molecule has 0 heterocycles. The molecule has 0 aromatic carbocycles. The van der Waals surface area contributed by atoms with Gasteiger partial charge in [-0.15, -0.1) is 5.73 Å². The van der Waals surface area contributed by atoms with Crippen molar-refractivity contribution in [3.8, 4) is 0 Å². The highest BCUT2D eigenvalue weighted by molar-refractivity contribution is 5.65. The summed E-state index contributed by atoms with van der Waals surface area (Å²) < 4.78 is 0. The lowest BCUT2D eigenvalue weighted by Gasteiger charge is -1.58. The van der Waals surface area contributed by atoms with Crippen LogP contribution in [0.3, 0.4) is 0 Å². The molecule has 7 heavy (non-hydrogen) atoms. The fraction of sp³-hybridized carbons (Fsp3) is 0. The SMILES string of the molecule is C=C=C/C=C\C=O. The lowest BCUT2D eigenvalue weighted by molar-refractivity contribution is -0.104. The molecule has 0 amide bonds. The fourth-order valence-corrected chi connectivity index (χ4v) is 0.169. The summed E-state index contributed by atoms with van der Waals surface area (Å²) in [6, 6.07) is 0. The molecule has 0 unspecified atom stereocenters. The molecule has 0 rings (SSSR count). The maximum Gasteiger partial charge on any atom is 0.142 e. The van der Waals surface area contributed by atoms with Gasteiger partial charge in [-0.1, -0.05) is 12.7 Å². The number of hydrogen-bond acceptors (Lipinski definition) is 1. The van der Waals surface area contributed by atoms with Crippen molar-refractivity contribution in [3.05, 3.63) is 30.5 Å². The Bertz CT molecular complexity index is 116. The Balaban J connectivity index is 3.47. The van der Waals surface area contributed by atoms with Gasteiger partial charge in [-0.3, -0.25) is 4.79 Å². The zero-order chi connectivity index (χ0) is 5.54. The summed E-state index contributed by atoms with van der Waals surface area (Å²) in [5.41, 5.74) is 2.48. The molecule has 0 bridgehead atoms. The third kappa shape index (κ3) is 4.93. The summed E-state index contributed by atoms with van der Waals surface area (Å²) in [6.45, 7) is 3.28. The van der Waals surface area contributed by atoms with Crippen molar-refractivity contribution in [2.75, 3.05) is 0 Å². The predicted molar refractivity (Wildman–Crippen MR) is 28.9 cm³/mol. The topological polar surface area (TPSA) is 17.1 Å². The highest BCUT2D eigenvalue weighted by atomic mass is 16.1. The molecule has 36 valence electrons. The average molecular weight is 94.1 g/mol. The number of allylic oxidation sites excluding steroid dienone is 3. The summed E-state index contributed by atoms with van der Waals surface area (Å²) >= 11 is 0. The van der Waals surface area contributed by atoms with Crippen LogP contribution in [-0.4, -0.2) is 6.29 Å². The minimum absolute atomic E-state index is 0.702. The number of aldehydes is 1. The molecule has 0 atom stereocenters. The second-order valence-corrected chi connectivity index (χ2v) is 0.892. The first kappa shape index (κ1) is 5.93. The minimum Gasteiger partial charge on any atom is -0.299 e. The van der Waals surface area contributed by atoms with E-state index in [0.29, 0.717) is 6.29 Å². The van der Waals surface area contributed by atoms with Crippen LogP contribution < -0.4 is 0 Å². The van der Waals surface area contributed by atoms with Crippen LogP contribution in [0.25, 0.3) is 0 Å². The van der Waals surface area contributed by atoms with Gasteiger partial charge in [0.05, 0.1) is 0 Å². The number of carbonyl (C=O) groups excluding carboxylic acids is 1. The van der Waals surface area contributed by atoms with E-state index in [1.807, 2.05) is 0 Å². The van der Waals surface area contributed by atoms with Gasteiger partial charge in [0.25, 0.3) is 0 Å². The van der Waals surface area contributed by atoms with Crippen molar-refractivity contribution < 1.29 is 4.79 Å². The Morgan fingerprint density at radius 1 is 1.43 bits per heavy atom. The molecular formula is C6H6O. The van der Waals surface area contributed by atoms with Crippen LogP contribution in [0.15, 0.2) is 30.5 Å². The van der Waals surface area contributed by atoms with E-state index in [0.717, 1.165) is 0 Å².